The van der Waals surface area contributed by atoms with Crippen molar-refractivity contribution in [1.29, 1.82) is 0 Å². The van der Waals surface area contributed by atoms with Gasteiger partial charge in [0, 0.05) is 18.4 Å². The van der Waals surface area contributed by atoms with Crippen molar-refractivity contribution in [1.82, 2.24) is 9.97 Å². The van der Waals surface area contributed by atoms with E-state index in [2.05, 4.69) is 36.5 Å². The van der Waals surface area contributed by atoms with Gasteiger partial charge in [-0.3, -0.25) is 0 Å². The van der Waals surface area contributed by atoms with Crippen LogP contribution in [0.2, 0.25) is 0 Å². The van der Waals surface area contributed by atoms with Crippen molar-refractivity contribution < 1.29 is 13.2 Å². The Labute approximate surface area is 127 Å². The Bertz CT molecular complexity index is 631. The molecule has 8 heteroatoms. The molecule has 1 heterocycles. The lowest BCUT2D eigenvalue weighted by atomic mass is 10.2. The molecular weight excluding hydrogens is 349 g/mol. The van der Waals surface area contributed by atoms with Crippen molar-refractivity contribution in [3.63, 3.8) is 0 Å². The maximum atomic E-state index is 12.7. The van der Waals surface area contributed by atoms with E-state index in [0.717, 1.165) is 12.1 Å². The van der Waals surface area contributed by atoms with Crippen LogP contribution in [0.15, 0.2) is 34.9 Å². The summed E-state index contributed by atoms with van der Waals surface area (Å²) >= 11 is 3.26. The molecule has 21 heavy (non-hydrogen) atoms. The SMILES string of the molecule is CCNc1ncc(Br)c(Nc2cccc(C(F)(F)F)c2)n1. The molecule has 1 aromatic heterocycles. The zero-order chi connectivity index (χ0) is 15.5. The summed E-state index contributed by atoms with van der Waals surface area (Å²) in [5, 5.41) is 5.78. The molecule has 0 aliphatic carbocycles. The van der Waals surface area contributed by atoms with Gasteiger partial charge in [-0.1, -0.05) is 6.07 Å². The van der Waals surface area contributed by atoms with Crippen LogP contribution in [0.3, 0.4) is 0 Å². The molecule has 0 aliphatic heterocycles. The summed E-state index contributed by atoms with van der Waals surface area (Å²) in [6.07, 6.45) is -2.85. The lowest BCUT2D eigenvalue weighted by molar-refractivity contribution is -0.137. The third-order valence-electron chi connectivity index (χ3n) is 2.53. The number of benzene rings is 1. The maximum absolute atomic E-state index is 12.7. The molecule has 0 spiro atoms. The fourth-order valence-electron chi connectivity index (χ4n) is 1.61. The van der Waals surface area contributed by atoms with Gasteiger partial charge in [0.15, 0.2) is 0 Å². The second kappa shape index (κ2) is 6.30. The van der Waals surface area contributed by atoms with E-state index in [-0.39, 0.29) is 0 Å². The molecule has 1 aromatic carbocycles. The Balaban J connectivity index is 2.27. The maximum Gasteiger partial charge on any atom is 0.416 e. The molecule has 0 amide bonds. The van der Waals surface area contributed by atoms with Crippen LogP contribution in [0.4, 0.5) is 30.6 Å². The molecule has 2 rings (SSSR count). The Morgan fingerprint density at radius 3 is 2.71 bits per heavy atom. The van der Waals surface area contributed by atoms with E-state index in [1.165, 1.54) is 18.3 Å². The Hall–Kier alpha value is -1.83. The first-order valence-electron chi connectivity index (χ1n) is 6.11. The van der Waals surface area contributed by atoms with E-state index in [1.807, 2.05) is 6.92 Å². The average Bonchev–Trinajstić information content (AvgIpc) is 2.42. The molecule has 0 bridgehead atoms. The molecule has 0 atom stereocenters. The van der Waals surface area contributed by atoms with Crippen LogP contribution >= 0.6 is 15.9 Å². The minimum atomic E-state index is -4.38. The lowest BCUT2D eigenvalue weighted by Crippen LogP contribution is -2.06. The van der Waals surface area contributed by atoms with Crippen molar-refractivity contribution in [3.8, 4) is 0 Å². The number of anilines is 3. The molecule has 2 aromatic rings. The van der Waals surface area contributed by atoms with E-state index in [1.54, 1.807) is 0 Å². The summed E-state index contributed by atoms with van der Waals surface area (Å²) in [6.45, 7) is 2.54. The van der Waals surface area contributed by atoms with E-state index in [9.17, 15) is 13.2 Å². The molecule has 0 unspecified atom stereocenters. The number of aromatic nitrogens is 2. The predicted octanol–water partition coefficient (Wildman–Crippen LogP) is 4.43. The van der Waals surface area contributed by atoms with Gasteiger partial charge in [-0.05, 0) is 41.1 Å². The topological polar surface area (TPSA) is 49.8 Å². The molecule has 0 saturated carbocycles. The van der Waals surface area contributed by atoms with Crippen LogP contribution in [0.25, 0.3) is 0 Å². The minimum Gasteiger partial charge on any atom is -0.354 e. The van der Waals surface area contributed by atoms with Gasteiger partial charge in [0.1, 0.15) is 5.82 Å². The first-order chi connectivity index (χ1) is 9.90. The second-order valence-corrected chi connectivity index (χ2v) is 4.98. The smallest absolute Gasteiger partial charge is 0.354 e. The highest BCUT2D eigenvalue weighted by molar-refractivity contribution is 9.10. The molecule has 0 fully saturated rings. The lowest BCUT2D eigenvalue weighted by Gasteiger charge is -2.12. The fraction of sp³-hybridized carbons (Fsp3) is 0.231. The summed E-state index contributed by atoms with van der Waals surface area (Å²) in [4.78, 5) is 8.23. The normalized spacial score (nSPS) is 11.3. The molecule has 2 N–H and O–H groups in total. The third kappa shape index (κ3) is 4.07. The molecule has 112 valence electrons. The number of rotatable bonds is 4. The predicted molar refractivity (Wildman–Crippen MR) is 78.6 cm³/mol. The minimum absolute atomic E-state index is 0.298. The van der Waals surface area contributed by atoms with E-state index in [4.69, 9.17) is 0 Å². The number of hydrogen-bond donors (Lipinski definition) is 2. The highest BCUT2D eigenvalue weighted by atomic mass is 79.9. The van der Waals surface area contributed by atoms with Gasteiger partial charge < -0.3 is 10.6 Å². The summed E-state index contributed by atoms with van der Waals surface area (Å²) in [7, 11) is 0. The van der Waals surface area contributed by atoms with Gasteiger partial charge in [-0.25, -0.2) is 4.98 Å². The van der Waals surface area contributed by atoms with E-state index < -0.39 is 11.7 Å². The monoisotopic (exact) mass is 360 g/mol. The molecule has 0 radical (unpaired) electrons. The fourth-order valence-corrected chi connectivity index (χ4v) is 1.90. The molecule has 0 saturated heterocycles. The van der Waals surface area contributed by atoms with Gasteiger partial charge in [0.2, 0.25) is 5.95 Å². The zero-order valence-corrected chi connectivity index (χ0v) is 12.6. The van der Waals surface area contributed by atoms with E-state index in [0.29, 0.717) is 28.5 Å². The van der Waals surface area contributed by atoms with Crippen LogP contribution in [0.5, 0.6) is 0 Å². The first-order valence-corrected chi connectivity index (χ1v) is 6.90. The van der Waals surface area contributed by atoms with Crippen molar-refractivity contribution in [2.24, 2.45) is 0 Å². The third-order valence-corrected chi connectivity index (χ3v) is 3.11. The zero-order valence-electron chi connectivity index (χ0n) is 11.0. The number of halogens is 4. The average molecular weight is 361 g/mol. The first kappa shape index (κ1) is 15.6. The van der Waals surface area contributed by atoms with Crippen LogP contribution in [-0.2, 0) is 6.18 Å². The summed E-state index contributed by atoms with van der Waals surface area (Å²) in [5.74, 6) is 0.787. The van der Waals surface area contributed by atoms with E-state index >= 15 is 0 Å². The quantitative estimate of drug-likeness (QED) is 0.846. The van der Waals surface area contributed by atoms with Gasteiger partial charge >= 0.3 is 6.18 Å². The van der Waals surface area contributed by atoms with Crippen LogP contribution in [0.1, 0.15) is 12.5 Å². The number of nitrogens with zero attached hydrogens (tertiary/aromatic N) is 2. The van der Waals surface area contributed by atoms with Crippen molar-refractivity contribution in [2.45, 2.75) is 13.1 Å². The Kier molecular flexibility index (Phi) is 4.66. The van der Waals surface area contributed by atoms with Crippen LogP contribution in [-0.4, -0.2) is 16.5 Å². The highest BCUT2D eigenvalue weighted by Crippen LogP contribution is 2.32. The molecule has 0 aliphatic rings. The Morgan fingerprint density at radius 1 is 1.29 bits per heavy atom. The van der Waals surface area contributed by atoms with Gasteiger partial charge in [0.25, 0.3) is 0 Å². The summed E-state index contributed by atoms with van der Waals surface area (Å²) in [6, 6.07) is 4.92. The largest absolute Gasteiger partial charge is 0.416 e. The van der Waals surface area contributed by atoms with Crippen LogP contribution in [0, 0.1) is 0 Å². The molecule has 4 nitrogen and oxygen atoms in total. The van der Waals surface area contributed by atoms with Gasteiger partial charge in [-0.15, -0.1) is 0 Å². The number of alkyl halides is 3. The van der Waals surface area contributed by atoms with Crippen LogP contribution < -0.4 is 10.6 Å². The molecular formula is C13H12BrF3N4. The number of hydrogen-bond acceptors (Lipinski definition) is 4. The summed E-state index contributed by atoms with van der Waals surface area (Å²) in [5.41, 5.74) is -0.420. The van der Waals surface area contributed by atoms with Gasteiger partial charge in [0.05, 0.1) is 10.0 Å². The van der Waals surface area contributed by atoms with Gasteiger partial charge in [-0.2, -0.15) is 18.2 Å². The number of nitrogens with one attached hydrogen (secondary N) is 2. The standard InChI is InChI=1S/C13H12BrF3N4/c1-2-18-12-19-7-10(14)11(21-12)20-9-5-3-4-8(6-9)13(15,16)17/h3-7H,2H2,1H3,(H2,18,19,20,21). The van der Waals surface area contributed by atoms with Crippen molar-refractivity contribution >= 4 is 33.4 Å². The van der Waals surface area contributed by atoms with Crippen molar-refractivity contribution in [3.05, 3.63) is 40.5 Å². The second-order valence-electron chi connectivity index (χ2n) is 4.12. The Morgan fingerprint density at radius 2 is 2.05 bits per heavy atom. The summed E-state index contributed by atoms with van der Waals surface area (Å²) < 4.78 is 38.6. The van der Waals surface area contributed by atoms with Crippen molar-refractivity contribution in [2.75, 3.05) is 17.2 Å². The highest BCUT2D eigenvalue weighted by Gasteiger charge is 2.30.